The van der Waals surface area contributed by atoms with Gasteiger partial charge >= 0.3 is 11.9 Å². The third kappa shape index (κ3) is 8.64. The zero-order valence-electron chi connectivity index (χ0n) is 17.7. The minimum absolute atomic E-state index is 0.260. The first-order valence-corrected chi connectivity index (χ1v) is 11.8. The Hall–Kier alpha value is -2.98. The van der Waals surface area contributed by atoms with Crippen molar-refractivity contribution in [2.24, 2.45) is 0 Å². The first-order valence-electron chi connectivity index (χ1n) is 9.84. The van der Waals surface area contributed by atoms with Gasteiger partial charge in [0.15, 0.2) is 0 Å². The molecule has 0 saturated heterocycles. The molecule has 170 valence electrons. The minimum Gasteiger partial charge on any atom is -0.462 e. The van der Waals surface area contributed by atoms with Crippen LogP contribution in [-0.2, 0) is 9.47 Å². The quantitative estimate of drug-likeness (QED) is 0.372. The van der Waals surface area contributed by atoms with E-state index in [0.29, 0.717) is 47.2 Å². The van der Waals surface area contributed by atoms with E-state index in [9.17, 15) is 19.2 Å². The van der Waals surface area contributed by atoms with E-state index in [1.54, 1.807) is 62.4 Å². The second kappa shape index (κ2) is 13.4. The van der Waals surface area contributed by atoms with Crippen LogP contribution in [0.25, 0.3) is 0 Å². The lowest BCUT2D eigenvalue weighted by Gasteiger charge is -2.07. The summed E-state index contributed by atoms with van der Waals surface area (Å²) in [6.07, 6.45) is 0. The average molecular weight is 477 g/mol. The molecule has 2 aromatic carbocycles. The normalized spacial score (nSPS) is 10.2. The van der Waals surface area contributed by atoms with E-state index in [2.05, 4.69) is 10.6 Å². The van der Waals surface area contributed by atoms with Gasteiger partial charge < -0.3 is 20.1 Å². The van der Waals surface area contributed by atoms with Crippen molar-refractivity contribution in [1.29, 1.82) is 0 Å². The predicted molar refractivity (Wildman–Crippen MR) is 128 cm³/mol. The first-order chi connectivity index (χ1) is 15.4. The number of thioether (sulfide) groups is 2. The van der Waals surface area contributed by atoms with Crippen LogP contribution in [0.3, 0.4) is 0 Å². The van der Waals surface area contributed by atoms with Crippen LogP contribution < -0.4 is 10.6 Å². The lowest BCUT2D eigenvalue weighted by molar-refractivity contribution is 0.0517. The summed E-state index contributed by atoms with van der Waals surface area (Å²) in [6, 6.07) is 12.8. The van der Waals surface area contributed by atoms with Gasteiger partial charge in [0.05, 0.1) is 24.3 Å². The van der Waals surface area contributed by atoms with Gasteiger partial charge in [0.2, 0.25) is 0 Å². The summed E-state index contributed by atoms with van der Waals surface area (Å²) in [5, 5.41) is 4.91. The SMILES string of the molecule is CCOC(=O)c1ccc(NC(=O)SCCSC(=O)Nc2ccc(C(=O)OCC)cc2)cc1. The van der Waals surface area contributed by atoms with Gasteiger partial charge in [-0.3, -0.25) is 9.59 Å². The molecule has 0 saturated carbocycles. The van der Waals surface area contributed by atoms with Crippen molar-refractivity contribution >= 4 is 57.3 Å². The monoisotopic (exact) mass is 476 g/mol. The molecule has 0 aliphatic heterocycles. The Balaban J connectivity index is 1.67. The summed E-state index contributed by atoms with van der Waals surface area (Å²) in [6.45, 7) is 4.06. The van der Waals surface area contributed by atoms with Gasteiger partial charge in [0, 0.05) is 22.9 Å². The molecule has 2 aromatic rings. The van der Waals surface area contributed by atoms with Crippen LogP contribution in [0.4, 0.5) is 21.0 Å². The number of hydrogen-bond donors (Lipinski definition) is 2. The molecule has 0 aliphatic rings. The van der Waals surface area contributed by atoms with Crippen molar-refractivity contribution in [2.75, 3.05) is 35.4 Å². The number of ether oxygens (including phenoxy) is 2. The van der Waals surface area contributed by atoms with E-state index in [0.717, 1.165) is 23.5 Å². The molecule has 0 radical (unpaired) electrons. The highest BCUT2D eigenvalue weighted by atomic mass is 32.2. The zero-order valence-corrected chi connectivity index (χ0v) is 19.3. The van der Waals surface area contributed by atoms with Gasteiger partial charge in [-0.1, -0.05) is 23.5 Å². The highest BCUT2D eigenvalue weighted by Gasteiger charge is 2.10. The van der Waals surface area contributed by atoms with Crippen molar-refractivity contribution in [2.45, 2.75) is 13.8 Å². The molecule has 32 heavy (non-hydrogen) atoms. The summed E-state index contributed by atoms with van der Waals surface area (Å²) in [4.78, 5) is 47.3. The highest BCUT2D eigenvalue weighted by Crippen LogP contribution is 2.17. The van der Waals surface area contributed by atoms with Crippen LogP contribution in [0, 0.1) is 0 Å². The fourth-order valence-electron chi connectivity index (χ4n) is 2.38. The molecule has 8 nitrogen and oxygen atoms in total. The van der Waals surface area contributed by atoms with Gasteiger partial charge in [-0.2, -0.15) is 0 Å². The van der Waals surface area contributed by atoms with Crippen LogP contribution in [0.5, 0.6) is 0 Å². The van der Waals surface area contributed by atoms with E-state index in [1.807, 2.05) is 0 Å². The molecule has 2 amide bonds. The van der Waals surface area contributed by atoms with Crippen LogP contribution in [0.2, 0.25) is 0 Å². The van der Waals surface area contributed by atoms with Crippen LogP contribution in [0.1, 0.15) is 34.6 Å². The van der Waals surface area contributed by atoms with Gasteiger partial charge in [-0.25, -0.2) is 9.59 Å². The van der Waals surface area contributed by atoms with Crippen LogP contribution in [-0.4, -0.2) is 47.1 Å². The Labute approximate surface area is 194 Å². The lowest BCUT2D eigenvalue weighted by atomic mass is 10.2. The van der Waals surface area contributed by atoms with Gasteiger partial charge in [0.25, 0.3) is 10.5 Å². The van der Waals surface area contributed by atoms with Gasteiger partial charge in [-0.15, -0.1) is 0 Å². The third-order valence-electron chi connectivity index (χ3n) is 3.83. The van der Waals surface area contributed by atoms with E-state index in [4.69, 9.17) is 9.47 Å². The van der Waals surface area contributed by atoms with Crippen LogP contribution >= 0.6 is 23.5 Å². The lowest BCUT2D eigenvalue weighted by Crippen LogP contribution is -2.09. The second-order valence-electron chi connectivity index (χ2n) is 6.12. The van der Waals surface area contributed by atoms with Gasteiger partial charge in [0.1, 0.15) is 0 Å². The molecule has 0 bridgehead atoms. The number of carbonyl (C=O) groups is 4. The van der Waals surface area contributed by atoms with Crippen molar-refractivity contribution in [1.82, 2.24) is 0 Å². The van der Waals surface area contributed by atoms with Gasteiger partial charge in [-0.05, 0) is 62.4 Å². The summed E-state index contributed by atoms with van der Waals surface area (Å²) in [5.74, 6) is 0.0502. The molecule has 2 rings (SSSR count). The van der Waals surface area contributed by atoms with Crippen molar-refractivity contribution in [3.8, 4) is 0 Å². The second-order valence-corrected chi connectivity index (χ2v) is 8.25. The fraction of sp³-hybridized carbons (Fsp3) is 0.273. The summed E-state index contributed by atoms with van der Waals surface area (Å²) >= 11 is 2.11. The largest absolute Gasteiger partial charge is 0.462 e. The Morgan fingerprint density at radius 3 is 1.31 bits per heavy atom. The first kappa shape index (κ1) is 25.3. The molecule has 0 fully saturated rings. The number of carbonyl (C=O) groups excluding carboxylic acids is 4. The molecule has 0 unspecified atom stereocenters. The number of rotatable bonds is 9. The topological polar surface area (TPSA) is 111 Å². The smallest absolute Gasteiger partial charge is 0.338 e. The maximum atomic E-state index is 12.0. The third-order valence-corrected chi connectivity index (χ3v) is 5.64. The van der Waals surface area contributed by atoms with Crippen LogP contribution in [0.15, 0.2) is 48.5 Å². The number of nitrogens with one attached hydrogen (secondary N) is 2. The standard InChI is InChI=1S/C22H24N2O6S2/c1-3-29-19(25)15-5-9-17(10-6-15)23-21(27)31-13-14-32-22(28)24-18-11-7-16(8-12-18)20(26)30-4-2/h5-12H,3-4,13-14H2,1-2H3,(H,23,27)(H,24,28). The van der Waals surface area contributed by atoms with E-state index >= 15 is 0 Å². The Bertz CT molecular complexity index is 855. The maximum absolute atomic E-state index is 12.0. The van der Waals surface area contributed by atoms with E-state index < -0.39 is 11.9 Å². The molecule has 0 aliphatic carbocycles. The molecule has 2 N–H and O–H groups in total. The molecule has 0 heterocycles. The van der Waals surface area contributed by atoms with E-state index in [1.165, 1.54) is 0 Å². The Morgan fingerprint density at radius 2 is 1.00 bits per heavy atom. The number of amides is 2. The van der Waals surface area contributed by atoms with Crippen molar-refractivity contribution in [3.63, 3.8) is 0 Å². The summed E-state index contributed by atoms with van der Waals surface area (Å²) < 4.78 is 9.82. The number of hydrogen-bond acceptors (Lipinski definition) is 8. The zero-order chi connectivity index (χ0) is 23.3. The number of benzene rings is 2. The fourth-order valence-corrected chi connectivity index (χ4v) is 3.80. The molecule has 0 atom stereocenters. The Kier molecular flexibility index (Phi) is 10.6. The number of anilines is 2. The average Bonchev–Trinajstić information content (AvgIpc) is 2.78. The summed E-state index contributed by atoms with van der Waals surface area (Å²) in [5.41, 5.74) is 1.95. The highest BCUT2D eigenvalue weighted by molar-refractivity contribution is 8.17. The van der Waals surface area contributed by atoms with Crippen molar-refractivity contribution in [3.05, 3.63) is 59.7 Å². The van der Waals surface area contributed by atoms with Crippen molar-refractivity contribution < 1.29 is 28.7 Å². The minimum atomic E-state index is -0.412. The van der Waals surface area contributed by atoms with E-state index in [-0.39, 0.29) is 10.5 Å². The maximum Gasteiger partial charge on any atom is 0.338 e. The molecule has 0 spiro atoms. The number of esters is 2. The predicted octanol–water partition coefficient (Wildman–Crippen LogP) is 5.27. The summed E-state index contributed by atoms with van der Waals surface area (Å²) in [7, 11) is 0. The Morgan fingerprint density at radius 1 is 0.656 bits per heavy atom. The molecule has 0 aromatic heterocycles. The molecular formula is C22H24N2O6S2. The molecular weight excluding hydrogens is 452 g/mol. The molecule has 10 heteroatoms.